The Hall–Kier alpha value is -13.3. The predicted octanol–water partition coefficient (Wildman–Crippen LogP) is 27.5. The van der Waals surface area contributed by atoms with E-state index in [-0.39, 0.29) is 28.9 Å². The Bertz CT molecular complexity index is 7480. The molecule has 2 N–H and O–H groups in total. The highest BCUT2D eigenvalue weighted by molar-refractivity contribution is 9.11. The van der Waals surface area contributed by atoms with Crippen LogP contribution in [-0.2, 0) is 9.31 Å². The lowest BCUT2D eigenvalue weighted by molar-refractivity contribution is -0.384. The summed E-state index contributed by atoms with van der Waals surface area (Å²) in [5, 5.41) is 26.4. The normalized spacial score (nSPS) is 13.0. The maximum absolute atomic E-state index is 11.6. The third-order valence-corrected chi connectivity index (χ3v) is 24.1. The molecular weight excluding hydrogens is 1560 g/mol. The average molecular weight is 1630 g/mol. The van der Waals surface area contributed by atoms with E-state index in [2.05, 4.69) is 373 Å². The number of para-hydroxylation sites is 11. The van der Waals surface area contributed by atoms with Gasteiger partial charge in [-0.2, -0.15) is 0 Å². The topological polar surface area (TPSA) is 113 Å². The minimum Gasteiger partial charge on any atom is -0.399 e. The van der Waals surface area contributed by atoms with Gasteiger partial charge in [-0.1, -0.05) is 262 Å². The highest BCUT2D eigenvalue weighted by Gasteiger charge is 2.52. The van der Waals surface area contributed by atoms with Crippen LogP contribution in [0.25, 0.3) is 165 Å². The number of aromatic nitrogens is 6. The lowest BCUT2D eigenvalue weighted by atomic mass is 9.76. The number of H-pyrrole nitrogens is 2. The number of aromatic amines is 2. The number of nitro benzene ring substituents is 1. The molecule has 1 fully saturated rings. The fraction of sp³-hybridized carbons (Fsp3) is 0.0588. The molecule has 23 rings (SSSR count). The van der Waals surface area contributed by atoms with Crippen LogP contribution >= 0.6 is 31.9 Å². The van der Waals surface area contributed by atoms with Gasteiger partial charge in [0.25, 0.3) is 5.69 Å². The molecule has 0 spiro atoms. The number of hydrogen-bond acceptors (Lipinski definition) is 4. The van der Waals surface area contributed by atoms with Crippen molar-refractivity contribution in [3.05, 3.63) is 395 Å². The van der Waals surface area contributed by atoms with E-state index in [0.717, 1.165) is 53.2 Å². The summed E-state index contributed by atoms with van der Waals surface area (Å²) in [6.45, 7) is 8.39. The third kappa shape index (κ3) is 12.8. The first kappa shape index (κ1) is 72.9. The van der Waals surface area contributed by atoms with E-state index in [1.54, 1.807) is 12.1 Å². The van der Waals surface area contributed by atoms with Gasteiger partial charge in [0.15, 0.2) is 0 Å². The maximum Gasteiger partial charge on any atom is 0.495 e. The molecule has 1 saturated heterocycles. The van der Waals surface area contributed by atoms with Crippen LogP contribution in [-0.4, -0.2) is 51.5 Å². The lowest BCUT2D eigenvalue weighted by Gasteiger charge is -2.32. The van der Waals surface area contributed by atoms with Crippen LogP contribution in [0.4, 0.5) is 5.69 Å². The number of halogens is 2. The second kappa shape index (κ2) is 30.2. The molecule has 116 heavy (non-hydrogen) atoms. The first-order valence-electron chi connectivity index (χ1n) is 38.9. The summed E-state index contributed by atoms with van der Waals surface area (Å²) in [4.78, 5) is 18.3. The fourth-order valence-corrected chi connectivity index (χ4v) is 18.1. The molecule has 560 valence electrons. The second-order valence-corrected chi connectivity index (χ2v) is 31.8. The van der Waals surface area contributed by atoms with Crippen LogP contribution in [0.2, 0.25) is 0 Å². The van der Waals surface area contributed by atoms with Gasteiger partial charge >= 0.3 is 7.12 Å². The number of hydrogen-bond donors (Lipinski definition) is 2. The van der Waals surface area contributed by atoms with Crippen LogP contribution in [0.5, 0.6) is 0 Å². The van der Waals surface area contributed by atoms with Crippen molar-refractivity contribution in [2.24, 2.45) is 0 Å². The molecule has 0 amide bonds. The minimum absolute atomic E-state index is 0.117. The van der Waals surface area contributed by atoms with Gasteiger partial charge < -0.3 is 37.5 Å². The molecule has 11 nitrogen and oxygen atoms in total. The molecule has 6 aromatic heterocycles. The van der Waals surface area contributed by atoms with Crippen molar-refractivity contribution in [2.75, 3.05) is 0 Å². The van der Waals surface area contributed by atoms with Crippen molar-refractivity contribution in [1.29, 1.82) is 0 Å². The largest absolute Gasteiger partial charge is 0.495 e. The van der Waals surface area contributed by atoms with Crippen molar-refractivity contribution in [1.82, 2.24) is 28.2 Å². The van der Waals surface area contributed by atoms with Gasteiger partial charge in [0, 0.05) is 124 Å². The fourth-order valence-electron chi connectivity index (χ4n) is 17.0. The molecule has 1 aliphatic rings. The summed E-state index contributed by atoms with van der Waals surface area (Å²) in [6, 6.07) is 129. The molecule has 0 aliphatic carbocycles. The quantitative estimate of drug-likeness (QED) is 0.0940. The Labute approximate surface area is 686 Å². The predicted molar refractivity (Wildman–Crippen MR) is 491 cm³/mol. The number of benzene rings is 16. The number of fused-ring (bicyclic) bond motifs is 19. The molecule has 0 bridgehead atoms. The zero-order chi connectivity index (χ0) is 78.8. The molecule has 16 aromatic carbocycles. The summed E-state index contributed by atoms with van der Waals surface area (Å²) < 4.78 is 24.3. The van der Waals surface area contributed by atoms with Crippen molar-refractivity contribution in [3.63, 3.8) is 0 Å². The van der Waals surface area contributed by atoms with Gasteiger partial charge in [-0.05, 0) is 178 Å². The molecule has 22 aromatic rings. The summed E-state index contributed by atoms with van der Waals surface area (Å²) in [5.41, 5.74) is 20.7. The second-order valence-electron chi connectivity index (χ2n) is 30.1. The minimum atomic E-state index is -0.385. The van der Waals surface area contributed by atoms with Crippen LogP contribution < -0.4 is 5.46 Å². The molecule has 0 saturated carbocycles. The molecule has 0 atom stereocenters. The third-order valence-electron chi connectivity index (χ3n) is 22.8. The maximum atomic E-state index is 11.6. The zero-order valence-corrected chi connectivity index (χ0v) is 67.2. The number of nitrogens with one attached hydrogen (secondary N) is 2. The standard InChI is InChI=1S/C24H24BNO2.C24H16N2O2.C24H16N2.C18H12BrN.C12H8BrN/c1-23(2)24(3,4)28-25(27-23)19-14-10-16-21-22(19)18-13-8-9-15-20(18)26(21)17-11-6-5-7-12-17;27-26(28)22-15-7-4-11-18(22)19-13-8-16-23-24(19)20-12-5-6-14-21(20)25(23)17-9-2-1-3-10-17;1-2-8-16(9-3-1)26-21-13-7-5-11-18(21)24-22(26)15-14-20-23(24)17-10-4-6-12-19(17)25-20;19-15-10-6-12-17-18(15)14-9-4-5-11-16(14)20(17)13-7-2-1-3-8-13;13-9-5-3-7-11-12(9)8-4-1-2-6-10(8)14-11/h5-16H,1-4H3;1-16H;1-15,25H;1-12H;1-7,14H. The number of nitro groups is 1. The Morgan fingerprint density at radius 1 is 0.284 bits per heavy atom. The van der Waals surface area contributed by atoms with Gasteiger partial charge in [0.2, 0.25) is 0 Å². The number of rotatable bonds is 7. The van der Waals surface area contributed by atoms with Crippen LogP contribution in [0.15, 0.2) is 385 Å². The lowest BCUT2D eigenvalue weighted by Crippen LogP contribution is -2.41. The SMILES string of the molecule is Brc1cccc2[nH]c3ccccc3c12.Brc1cccc2c1c1ccccc1n2-c1ccccc1.CC1(C)OB(c2cccc3c2c2ccccc2n3-c2ccccc2)OC1(C)C.O=[N+]([O-])c1ccccc1-c1cccc2c1c1ccccc1n2-c1ccccc1.c1ccc(-n2c3ccccc3c3c4c(ccc32)[nH]c2ccccc24)cc1. The highest BCUT2D eigenvalue weighted by atomic mass is 79.9. The van der Waals surface area contributed by atoms with Crippen LogP contribution in [0, 0.1) is 10.1 Å². The molecule has 7 heterocycles. The first-order valence-corrected chi connectivity index (χ1v) is 40.5. The van der Waals surface area contributed by atoms with E-state index in [1.807, 2.05) is 78.9 Å². The van der Waals surface area contributed by atoms with Crippen molar-refractivity contribution >= 4 is 181 Å². The number of nitrogens with zero attached hydrogens (tertiary/aromatic N) is 5. The highest BCUT2D eigenvalue weighted by Crippen LogP contribution is 2.45. The Morgan fingerprint density at radius 3 is 1.09 bits per heavy atom. The van der Waals surface area contributed by atoms with E-state index >= 15 is 0 Å². The van der Waals surface area contributed by atoms with Crippen molar-refractivity contribution in [3.8, 4) is 33.9 Å². The Kier molecular flexibility index (Phi) is 19.0. The Morgan fingerprint density at radius 2 is 0.603 bits per heavy atom. The van der Waals surface area contributed by atoms with Crippen LogP contribution in [0.1, 0.15) is 27.7 Å². The molecule has 0 unspecified atom stereocenters. The Balaban J connectivity index is 0.0000000984. The summed E-state index contributed by atoms with van der Waals surface area (Å²) >= 11 is 7.27. The van der Waals surface area contributed by atoms with E-state index in [0.29, 0.717) is 5.56 Å². The van der Waals surface area contributed by atoms with E-state index < -0.39 is 0 Å². The summed E-state index contributed by atoms with van der Waals surface area (Å²) in [6.07, 6.45) is 0. The summed E-state index contributed by atoms with van der Waals surface area (Å²) in [5.74, 6) is 0. The first-order chi connectivity index (χ1) is 56.8. The zero-order valence-electron chi connectivity index (χ0n) is 64.0. The van der Waals surface area contributed by atoms with Crippen molar-refractivity contribution in [2.45, 2.75) is 38.9 Å². The summed E-state index contributed by atoms with van der Waals surface area (Å²) in [7, 11) is -0.385. The van der Waals surface area contributed by atoms with Crippen LogP contribution in [0.3, 0.4) is 0 Å². The van der Waals surface area contributed by atoms with Gasteiger partial charge in [-0.3, -0.25) is 10.1 Å². The molecule has 0 radical (unpaired) electrons. The van der Waals surface area contributed by atoms with Crippen molar-refractivity contribution < 1.29 is 14.2 Å². The van der Waals surface area contributed by atoms with Gasteiger partial charge in [0.1, 0.15) is 0 Å². The smallest absolute Gasteiger partial charge is 0.399 e. The molecular formula is C102H76BBr2N7O4. The van der Waals surface area contributed by atoms with E-state index in [4.69, 9.17) is 9.31 Å². The molecule has 14 heteroatoms. The monoisotopic (exact) mass is 1630 g/mol. The van der Waals surface area contributed by atoms with E-state index in [1.165, 1.54) is 120 Å². The van der Waals surface area contributed by atoms with Gasteiger partial charge in [-0.15, -0.1) is 0 Å². The average Bonchev–Trinajstić information content (AvgIpc) is 1.57. The van der Waals surface area contributed by atoms with Gasteiger partial charge in [0.05, 0.1) is 65.8 Å². The van der Waals surface area contributed by atoms with Gasteiger partial charge in [-0.25, -0.2) is 0 Å². The molecule has 1 aliphatic heterocycles. The van der Waals surface area contributed by atoms with E-state index in [9.17, 15) is 10.1 Å².